The molecule has 2 atom stereocenters. The number of ether oxygens (including phenoxy) is 1. The van der Waals surface area contributed by atoms with Crippen LogP contribution >= 0.6 is 0 Å². The Labute approximate surface area is 251 Å². The van der Waals surface area contributed by atoms with Crippen LogP contribution in [-0.2, 0) is 17.8 Å². The predicted molar refractivity (Wildman–Crippen MR) is 163 cm³/mol. The Balaban J connectivity index is 1.33. The Morgan fingerprint density at radius 1 is 1.16 bits per heavy atom. The number of likely N-dealkylation sites (tertiary alicyclic amines) is 1. The molecule has 43 heavy (non-hydrogen) atoms. The highest BCUT2D eigenvalue weighted by atomic mass is 19.1. The number of carbonyl (C=O) groups excluding carboxylic acids is 1. The van der Waals surface area contributed by atoms with Crippen molar-refractivity contribution in [1.29, 1.82) is 5.26 Å². The summed E-state index contributed by atoms with van der Waals surface area (Å²) in [4.78, 5) is 35.0. The van der Waals surface area contributed by atoms with Crippen LogP contribution < -0.4 is 14.5 Å². The van der Waals surface area contributed by atoms with Crippen LogP contribution in [-0.4, -0.2) is 89.1 Å². The molecule has 6 rings (SSSR count). The zero-order valence-corrected chi connectivity index (χ0v) is 24.8. The van der Waals surface area contributed by atoms with Gasteiger partial charge in [0.1, 0.15) is 12.4 Å². The minimum Gasteiger partial charge on any atom is -0.462 e. The van der Waals surface area contributed by atoms with Crippen LogP contribution in [0.25, 0.3) is 10.8 Å². The third-order valence-electron chi connectivity index (χ3n) is 8.94. The number of aryl methyl sites for hydroxylation is 1. The standard InChI is InChI=1S/C32H37FN8O2/c1-21-6-7-23-16-35-17-29(27(23)15-21)39-12-9-26-28(19-39)36-32(43-20-25-5-4-11-38(25)3)37-30(26)40-13-14-41(31(42)22(2)33)24(18-40)8-10-34/h6-7,15-17,24-25H,2,4-5,8-9,11-14,18-20H2,1,3H3/t24?,25-/m0/s1. The van der Waals surface area contributed by atoms with E-state index in [4.69, 9.17) is 14.7 Å². The lowest BCUT2D eigenvalue weighted by Crippen LogP contribution is -2.55. The molecule has 3 aromatic rings. The summed E-state index contributed by atoms with van der Waals surface area (Å²) in [7, 11) is 2.11. The van der Waals surface area contributed by atoms with Gasteiger partial charge in [0.2, 0.25) is 0 Å². The number of nitriles is 1. The lowest BCUT2D eigenvalue weighted by molar-refractivity contribution is -0.131. The molecule has 1 amide bonds. The number of benzene rings is 1. The summed E-state index contributed by atoms with van der Waals surface area (Å²) in [5.41, 5.74) is 4.18. The fourth-order valence-corrected chi connectivity index (χ4v) is 6.55. The summed E-state index contributed by atoms with van der Waals surface area (Å²) in [6, 6.07) is 8.72. The first-order valence-corrected chi connectivity index (χ1v) is 14.9. The highest BCUT2D eigenvalue weighted by Gasteiger charge is 2.35. The van der Waals surface area contributed by atoms with Crippen LogP contribution in [0.5, 0.6) is 6.01 Å². The van der Waals surface area contributed by atoms with Crippen LogP contribution in [0.15, 0.2) is 43.0 Å². The number of halogens is 1. The van der Waals surface area contributed by atoms with Gasteiger partial charge in [0.05, 0.1) is 42.7 Å². The molecule has 2 saturated heterocycles. The van der Waals surface area contributed by atoms with Gasteiger partial charge in [-0.15, -0.1) is 0 Å². The molecule has 2 aromatic heterocycles. The number of fused-ring (bicyclic) bond motifs is 2. The van der Waals surface area contributed by atoms with Gasteiger partial charge in [-0.2, -0.15) is 15.2 Å². The van der Waals surface area contributed by atoms with E-state index in [1.54, 1.807) is 0 Å². The van der Waals surface area contributed by atoms with E-state index in [1.807, 2.05) is 12.4 Å². The topological polar surface area (TPSA) is 102 Å². The number of hydrogen-bond acceptors (Lipinski definition) is 9. The number of amides is 1. The van der Waals surface area contributed by atoms with Crippen LogP contribution in [0.1, 0.15) is 36.1 Å². The number of anilines is 2. The van der Waals surface area contributed by atoms with Gasteiger partial charge in [-0.1, -0.05) is 24.3 Å². The van der Waals surface area contributed by atoms with E-state index in [2.05, 4.69) is 64.5 Å². The number of aromatic nitrogens is 3. The Bertz CT molecular complexity index is 1590. The van der Waals surface area contributed by atoms with Crippen LogP contribution in [0, 0.1) is 18.3 Å². The number of hydrogen-bond donors (Lipinski definition) is 0. The quantitative estimate of drug-likeness (QED) is 0.384. The molecule has 10 nitrogen and oxygen atoms in total. The van der Waals surface area contributed by atoms with Crippen molar-refractivity contribution >= 4 is 28.2 Å². The fraction of sp³-hybridized carbons (Fsp3) is 0.469. The first-order valence-electron chi connectivity index (χ1n) is 14.9. The number of nitrogens with zero attached hydrogens (tertiary/aromatic N) is 8. The van der Waals surface area contributed by atoms with Crippen LogP contribution in [0.4, 0.5) is 15.9 Å². The molecule has 0 radical (unpaired) electrons. The molecular weight excluding hydrogens is 547 g/mol. The maximum Gasteiger partial charge on any atom is 0.318 e. The van der Waals surface area contributed by atoms with Crippen molar-refractivity contribution in [3.05, 3.63) is 59.8 Å². The smallest absolute Gasteiger partial charge is 0.318 e. The second-order valence-electron chi connectivity index (χ2n) is 11.8. The zero-order chi connectivity index (χ0) is 30.1. The lowest BCUT2D eigenvalue weighted by Gasteiger charge is -2.42. The van der Waals surface area contributed by atoms with Crippen molar-refractivity contribution in [2.45, 2.75) is 51.2 Å². The van der Waals surface area contributed by atoms with Gasteiger partial charge < -0.3 is 24.3 Å². The Morgan fingerprint density at radius 2 is 2.02 bits per heavy atom. The number of pyridine rings is 1. The number of rotatable bonds is 7. The minimum absolute atomic E-state index is 0.0848. The summed E-state index contributed by atoms with van der Waals surface area (Å²) in [6.07, 6.45) is 6.82. The van der Waals surface area contributed by atoms with E-state index < -0.39 is 17.8 Å². The van der Waals surface area contributed by atoms with Gasteiger partial charge in [-0.25, -0.2) is 4.39 Å². The number of piperazine rings is 1. The first-order chi connectivity index (χ1) is 20.8. The third kappa shape index (κ3) is 5.84. The molecule has 0 aliphatic carbocycles. The van der Waals surface area contributed by atoms with E-state index in [1.165, 1.54) is 10.5 Å². The van der Waals surface area contributed by atoms with Crippen molar-refractivity contribution in [1.82, 2.24) is 24.8 Å². The van der Waals surface area contributed by atoms with Gasteiger partial charge in [-0.05, 0) is 45.8 Å². The van der Waals surface area contributed by atoms with E-state index in [0.29, 0.717) is 44.7 Å². The largest absolute Gasteiger partial charge is 0.462 e. The molecule has 0 spiro atoms. The molecule has 224 valence electrons. The van der Waals surface area contributed by atoms with Gasteiger partial charge in [-0.3, -0.25) is 9.78 Å². The van der Waals surface area contributed by atoms with Crippen molar-refractivity contribution < 1.29 is 13.9 Å². The molecule has 1 unspecified atom stereocenters. The average molecular weight is 585 g/mol. The summed E-state index contributed by atoms with van der Waals surface area (Å²) in [6.45, 7) is 9.23. The normalized spacial score (nSPS) is 20.7. The summed E-state index contributed by atoms with van der Waals surface area (Å²) in [5, 5.41) is 11.7. The maximum absolute atomic E-state index is 13.8. The van der Waals surface area contributed by atoms with Crippen molar-refractivity contribution in [2.75, 3.05) is 56.2 Å². The van der Waals surface area contributed by atoms with Gasteiger partial charge >= 0.3 is 6.01 Å². The van der Waals surface area contributed by atoms with E-state index in [0.717, 1.165) is 59.5 Å². The number of likely N-dealkylation sites (N-methyl/N-ethyl adjacent to an activating group) is 1. The summed E-state index contributed by atoms with van der Waals surface area (Å²) < 4.78 is 20.0. The Hall–Kier alpha value is -4.30. The molecule has 0 saturated carbocycles. The summed E-state index contributed by atoms with van der Waals surface area (Å²) in [5.74, 6) is -1.01. The van der Waals surface area contributed by atoms with E-state index in [9.17, 15) is 14.4 Å². The highest BCUT2D eigenvalue weighted by Crippen LogP contribution is 2.35. The molecule has 5 heterocycles. The van der Waals surface area contributed by atoms with Crippen LogP contribution in [0.2, 0.25) is 0 Å². The highest BCUT2D eigenvalue weighted by molar-refractivity contribution is 5.94. The second kappa shape index (κ2) is 12.1. The van der Waals surface area contributed by atoms with Crippen molar-refractivity contribution in [2.24, 2.45) is 0 Å². The number of carbonyl (C=O) groups is 1. The zero-order valence-electron chi connectivity index (χ0n) is 24.8. The minimum atomic E-state index is -1.01. The monoisotopic (exact) mass is 584 g/mol. The van der Waals surface area contributed by atoms with E-state index in [-0.39, 0.29) is 13.0 Å². The molecule has 3 aliphatic heterocycles. The Morgan fingerprint density at radius 3 is 2.79 bits per heavy atom. The molecule has 3 aliphatic rings. The van der Waals surface area contributed by atoms with Gasteiger partial charge in [0.15, 0.2) is 5.83 Å². The molecule has 11 heteroatoms. The molecule has 0 bridgehead atoms. The predicted octanol–water partition coefficient (Wildman–Crippen LogP) is 3.78. The second-order valence-corrected chi connectivity index (χ2v) is 11.8. The molecule has 1 aromatic carbocycles. The third-order valence-corrected chi connectivity index (χ3v) is 8.94. The SMILES string of the molecule is C=C(F)C(=O)N1CCN(c2nc(OC[C@@H]3CCCN3C)nc3c2CCN(c2cncc4ccc(C)cc24)C3)CC1CC#N. The van der Waals surface area contributed by atoms with Crippen molar-refractivity contribution in [3.8, 4) is 12.1 Å². The van der Waals surface area contributed by atoms with Gasteiger partial charge in [0, 0.05) is 54.8 Å². The van der Waals surface area contributed by atoms with Crippen molar-refractivity contribution in [3.63, 3.8) is 0 Å². The lowest BCUT2D eigenvalue weighted by atomic mass is 10.0. The first kappa shape index (κ1) is 28.8. The molecule has 0 N–H and O–H groups in total. The average Bonchev–Trinajstić information content (AvgIpc) is 3.43. The summed E-state index contributed by atoms with van der Waals surface area (Å²) >= 11 is 0. The van der Waals surface area contributed by atoms with Crippen LogP contribution in [0.3, 0.4) is 0 Å². The van der Waals surface area contributed by atoms with E-state index >= 15 is 0 Å². The Kier molecular flexibility index (Phi) is 8.13. The van der Waals surface area contributed by atoms with Gasteiger partial charge in [0.25, 0.3) is 5.91 Å². The molecule has 2 fully saturated rings. The molecular formula is C32H37FN8O2. The maximum atomic E-state index is 13.8. The fourth-order valence-electron chi connectivity index (χ4n) is 6.55.